The van der Waals surface area contributed by atoms with Crippen LogP contribution in [0, 0.1) is 24.4 Å². The Balaban J connectivity index is 2.34. The van der Waals surface area contributed by atoms with Crippen LogP contribution in [0.3, 0.4) is 0 Å². The molecule has 0 N–H and O–H groups in total. The Labute approximate surface area is 114 Å². The summed E-state index contributed by atoms with van der Waals surface area (Å²) in [5, 5.41) is 0. The van der Waals surface area contributed by atoms with Crippen LogP contribution in [0.15, 0.2) is 30.3 Å². The second-order valence-corrected chi connectivity index (χ2v) is 4.18. The SMILES string of the molecule is COc1c(C)c(F)c(F)c(COc2ccccc2)c1F. The van der Waals surface area contributed by atoms with Gasteiger partial charge < -0.3 is 9.47 Å². The van der Waals surface area contributed by atoms with Gasteiger partial charge in [-0.2, -0.15) is 0 Å². The van der Waals surface area contributed by atoms with E-state index in [1.807, 2.05) is 0 Å². The van der Waals surface area contributed by atoms with Gasteiger partial charge in [-0.05, 0) is 19.1 Å². The van der Waals surface area contributed by atoms with Crippen molar-refractivity contribution in [3.8, 4) is 11.5 Å². The number of methoxy groups -OCH3 is 1. The Morgan fingerprint density at radius 2 is 1.60 bits per heavy atom. The molecule has 0 heterocycles. The van der Waals surface area contributed by atoms with Gasteiger partial charge in [0, 0.05) is 5.56 Å². The van der Waals surface area contributed by atoms with Crippen LogP contribution in [0.5, 0.6) is 11.5 Å². The molecule has 5 heteroatoms. The Hall–Kier alpha value is -2.17. The molecular formula is C15H13F3O2. The first-order chi connectivity index (χ1) is 9.56. The predicted octanol–water partition coefficient (Wildman–Crippen LogP) is 4.00. The molecule has 0 bridgehead atoms. The van der Waals surface area contributed by atoms with Gasteiger partial charge in [0.25, 0.3) is 0 Å². The molecule has 0 spiro atoms. The van der Waals surface area contributed by atoms with E-state index in [4.69, 9.17) is 9.47 Å². The van der Waals surface area contributed by atoms with Gasteiger partial charge in [-0.15, -0.1) is 0 Å². The number of para-hydroxylation sites is 1. The van der Waals surface area contributed by atoms with E-state index in [1.165, 1.54) is 14.0 Å². The van der Waals surface area contributed by atoms with E-state index in [1.54, 1.807) is 30.3 Å². The number of hydrogen-bond acceptors (Lipinski definition) is 2. The maximum Gasteiger partial charge on any atom is 0.175 e. The maximum atomic E-state index is 14.1. The molecule has 2 aromatic carbocycles. The highest BCUT2D eigenvalue weighted by Gasteiger charge is 2.23. The van der Waals surface area contributed by atoms with E-state index in [2.05, 4.69) is 0 Å². The average molecular weight is 282 g/mol. The van der Waals surface area contributed by atoms with Crippen molar-refractivity contribution in [2.24, 2.45) is 0 Å². The highest BCUT2D eigenvalue weighted by Crippen LogP contribution is 2.31. The Morgan fingerprint density at radius 3 is 2.20 bits per heavy atom. The Kier molecular flexibility index (Phi) is 4.17. The first-order valence-corrected chi connectivity index (χ1v) is 5.94. The summed E-state index contributed by atoms with van der Waals surface area (Å²) in [7, 11) is 1.20. The Morgan fingerprint density at radius 1 is 0.950 bits per heavy atom. The summed E-state index contributed by atoms with van der Waals surface area (Å²) in [5.74, 6) is -3.20. The molecule has 0 aliphatic rings. The van der Waals surface area contributed by atoms with Crippen LogP contribution >= 0.6 is 0 Å². The van der Waals surface area contributed by atoms with Crippen LogP contribution in [0.25, 0.3) is 0 Å². The van der Waals surface area contributed by atoms with Gasteiger partial charge in [-0.3, -0.25) is 0 Å². The number of halogens is 3. The minimum absolute atomic E-state index is 0.203. The number of benzene rings is 2. The molecule has 0 radical (unpaired) electrons. The van der Waals surface area contributed by atoms with Crippen molar-refractivity contribution in [2.45, 2.75) is 13.5 Å². The summed E-state index contributed by atoms with van der Waals surface area (Å²) in [4.78, 5) is 0. The molecule has 2 rings (SSSR count). The molecule has 106 valence electrons. The lowest BCUT2D eigenvalue weighted by atomic mass is 10.1. The molecular weight excluding hydrogens is 269 g/mol. The average Bonchev–Trinajstić information content (AvgIpc) is 2.47. The summed E-state index contributed by atoms with van der Waals surface area (Å²) in [6.07, 6.45) is 0. The van der Waals surface area contributed by atoms with Gasteiger partial charge in [0.15, 0.2) is 23.2 Å². The molecule has 20 heavy (non-hydrogen) atoms. The van der Waals surface area contributed by atoms with Crippen molar-refractivity contribution in [3.05, 3.63) is 58.9 Å². The van der Waals surface area contributed by atoms with Gasteiger partial charge in [0.2, 0.25) is 0 Å². The van der Waals surface area contributed by atoms with E-state index in [9.17, 15) is 13.2 Å². The third-order valence-corrected chi connectivity index (χ3v) is 2.92. The van der Waals surface area contributed by atoms with Crippen LogP contribution < -0.4 is 9.47 Å². The fourth-order valence-electron chi connectivity index (χ4n) is 1.84. The molecule has 0 saturated carbocycles. The fourth-order valence-corrected chi connectivity index (χ4v) is 1.84. The molecule has 0 aliphatic heterocycles. The van der Waals surface area contributed by atoms with Crippen molar-refractivity contribution in [2.75, 3.05) is 7.11 Å². The number of ether oxygens (including phenoxy) is 2. The van der Waals surface area contributed by atoms with E-state index >= 15 is 0 Å². The molecule has 0 amide bonds. The zero-order valence-electron chi connectivity index (χ0n) is 11.0. The first kappa shape index (κ1) is 14.2. The first-order valence-electron chi connectivity index (χ1n) is 5.94. The lowest BCUT2D eigenvalue weighted by Gasteiger charge is -2.13. The minimum atomic E-state index is -1.25. The van der Waals surface area contributed by atoms with Gasteiger partial charge in [0.05, 0.1) is 12.7 Å². The second-order valence-electron chi connectivity index (χ2n) is 4.18. The lowest BCUT2D eigenvalue weighted by molar-refractivity contribution is 0.283. The molecule has 0 aromatic heterocycles. The van der Waals surface area contributed by atoms with Crippen LogP contribution in [-0.2, 0) is 6.61 Å². The molecule has 0 aliphatic carbocycles. The minimum Gasteiger partial charge on any atom is -0.493 e. The van der Waals surface area contributed by atoms with E-state index in [0.717, 1.165) is 0 Å². The maximum absolute atomic E-state index is 14.1. The predicted molar refractivity (Wildman–Crippen MR) is 68.4 cm³/mol. The van der Waals surface area contributed by atoms with E-state index < -0.39 is 29.6 Å². The van der Waals surface area contributed by atoms with Crippen LogP contribution in [-0.4, -0.2) is 7.11 Å². The summed E-state index contributed by atoms with van der Waals surface area (Å²) in [5.41, 5.74) is -0.695. The van der Waals surface area contributed by atoms with Gasteiger partial charge in [-0.1, -0.05) is 18.2 Å². The van der Waals surface area contributed by atoms with Crippen molar-refractivity contribution >= 4 is 0 Å². The van der Waals surface area contributed by atoms with Crippen LogP contribution in [0.4, 0.5) is 13.2 Å². The van der Waals surface area contributed by atoms with Gasteiger partial charge >= 0.3 is 0 Å². The quantitative estimate of drug-likeness (QED) is 0.789. The molecule has 2 aromatic rings. The Bertz CT molecular complexity index is 613. The van der Waals surface area contributed by atoms with E-state index in [0.29, 0.717) is 5.75 Å². The summed E-state index contributed by atoms with van der Waals surface area (Å²) < 4.78 is 51.5. The zero-order valence-corrected chi connectivity index (χ0v) is 11.0. The van der Waals surface area contributed by atoms with Crippen molar-refractivity contribution < 1.29 is 22.6 Å². The smallest absolute Gasteiger partial charge is 0.175 e. The molecule has 2 nitrogen and oxygen atoms in total. The fraction of sp³-hybridized carbons (Fsp3) is 0.200. The summed E-state index contributed by atoms with van der Waals surface area (Å²) >= 11 is 0. The van der Waals surface area contributed by atoms with Crippen molar-refractivity contribution in [3.63, 3.8) is 0 Å². The van der Waals surface area contributed by atoms with Gasteiger partial charge in [-0.25, -0.2) is 13.2 Å². The molecule has 0 unspecified atom stereocenters. The highest BCUT2D eigenvalue weighted by molar-refractivity contribution is 5.40. The van der Waals surface area contributed by atoms with E-state index in [-0.39, 0.29) is 11.3 Å². The third kappa shape index (κ3) is 2.57. The molecule has 0 atom stereocenters. The van der Waals surface area contributed by atoms with Crippen molar-refractivity contribution in [1.29, 1.82) is 0 Å². The third-order valence-electron chi connectivity index (χ3n) is 2.92. The highest BCUT2D eigenvalue weighted by atomic mass is 19.2. The molecule has 0 saturated heterocycles. The summed E-state index contributed by atoms with van der Waals surface area (Å²) in [6, 6.07) is 8.49. The second kappa shape index (κ2) is 5.86. The number of rotatable bonds is 4. The standard InChI is InChI=1S/C15H13F3O2/c1-9-12(16)13(17)11(14(18)15(9)19-2)8-20-10-6-4-3-5-7-10/h3-7H,8H2,1-2H3. The lowest BCUT2D eigenvalue weighted by Crippen LogP contribution is -2.08. The summed E-state index contributed by atoms with van der Waals surface area (Å²) in [6.45, 7) is 0.831. The van der Waals surface area contributed by atoms with Gasteiger partial charge in [0.1, 0.15) is 12.4 Å². The molecule has 0 fully saturated rings. The zero-order chi connectivity index (χ0) is 14.7. The van der Waals surface area contributed by atoms with Crippen LogP contribution in [0.1, 0.15) is 11.1 Å². The van der Waals surface area contributed by atoms with Crippen LogP contribution in [0.2, 0.25) is 0 Å². The topological polar surface area (TPSA) is 18.5 Å². The largest absolute Gasteiger partial charge is 0.493 e. The van der Waals surface area contributed by atoms with Crippen molar-refractivity contribution in [1.82, 2.24) is 0 Å². The number of hydrogen-bond donors (Lipinski definition) is 0. The normalized spacial score (nSPS) is 10.4. The monoisotopic (exact) mass is 282 g/mol.